The Balaban J connectivity index is 0.000000240. The van der Waals surface area contributed by atoms with Gasteiger partial charge in [-0.15, -0.1) is 41.5 Å². The minimum absolute atomic E-state index is 0. The molecule has 2 nitrogen and oxygen atoms in total. The molecule has 220 valence electrons. The summed E-state index contributed by atoms with van der Waals surface area (Å²) in [6.07, 6.45) is 3.10. The second kappa shape index (κ2) is 19.7. The van der Waals surface area contributed by atoms with E-state index in [1.165, 1.54) is 27.1 Å². The van der Waals surface area contributed by atoms with Crippen molar-refractivity contribution in [1.82, 2.24) is 0 Å². The molecule has 0 aliphatic heterocycles. The SMILES string of the molecule is CC(=[C-]c1ccccc1)c1ccccc1.CC(O)CC(C)O.[Ni].c1ccc([PH+](c2ccccc2)c2ccccc2)cc1. The number of allylic oxidation sites excluding steroid dienone is 1. The van der Waals surface area contributed by atoms with E-state index in [0.29, 0.717) is 6.42 Å². The van der Waals surface area contributed by atoms with Crippen molar-refractivity contribution in [2.24, 2.45) is 0 Å². The molecule has 0 fully saturated rings. The fraction of sp³-hybridized carbons (Fsp3) is 0.158. The molecular weight excluding hydrogens is 578 g/mol. The molecule has 0 aromatic heterocycles. The molecule has 0 aliphatic carbocycles. The fourth-order valence-electron chi connectivity index (χ4n) is 4.31. The molecule has 42 heavy (non-hydrogen) atoms. The monoisotopic (exact) mass is 618 g/mol. The van der Waals surface area contributed by atoms with E-state index < -0.39 is 7.92 Å². The van der Waals surface area contributed by atoms with Crippen LogP contribution < -0.4 is 15.9 Å². The summed E-state index contributed by atoms with van der Waals surface area (Å²) in [5, 5.41) is 21.4. The van der Waals surface area contributed by atoms with E-state index in [1.54, 1.807) is 13.8 Å². The summed E-state index contributed by atoms with van der Waals surface area (Å²) in [7, 11) is -0.877. The molecule has 5 aromatic rings. The van der Waals surface area contributed by atoms with Crippen LogP contribution in [-0.2, 0) is 16.5 Å². The molecule has 0 amide bonds. The quantitative estimate of drug-likeness (QED) is 0.0873. The van der Waals surface area contributed by atoms with Gasteiger partial charge in [0, 0.05) is 16.5 Å². The third-order valence-corrected chi connectivity index (χ3v) is 8.91. The van der Waals surface area contributed by atoms with Crippen LogP contribution in [0.1, 0.15) is 38.3 Å². The van der Waals surface area contributed by atoms with E-state index in [-0.39, 0.29) is 28.7 Å². The first-order valence-corrected chi connectivity index (χ1v) is 15.5. The molecule has 0 saturated heterocycles. The summed E-state index contributed by atoms with van der Waals surface area (Å²) in [6.45, 7) is 5.40. The zero-order valence-corrected chi connectivity index (χ0v) is 26.5. The average molecular weight is 619 g/mol. The van der Waals surface area contributed by atoms with Gasteiger partial charge in [0.1, 0.15) is 15.9 Å². The molecule has 0 radical (unpaired) electrons. The average Bonchev–Trinajstić information content (AvgIpc) is 3.00. The van der Waals surface area contributed by atoms with Crippen LogP contribution in [-0.4, -0.2) is 22.4 Å². The molecule has 0 heterocycles. The van der Waals surface area contributed by atoms with Gasteiger partial charge in [-0.1, -0.05) is 103 Å². The summed E-state index contributed by atoms with van der Waals surface area (Å²) in [4.78, 5) is 0. The maximum atomic E-state index is 8.56. The van der Waals surface area contributed by atoms with Gasteiger partial charge in [0.25, 0.3) is 0 Å². The first-order chi connectivity index (χ1) is 19.9. The Morgan fingerprint density at radius 3 is 1.17 bits per heavy atom. The number of aliphatic hydroxyl groups is 2. The number of hydrogen-bond donors (Lipinski definition) is 2. The van der Waals surface area contributed by atoms with Gasteiger partial charge in [0.15, 0.2) is 0 Å². The van der Waals surface area contributed by atoms with Gasteiger partial charge in [0.2, 0.25) is 0 Å². The third-order valence-electron chi connectivity index (χ3n) is 6.18. The van der Waals surface area contributed by atoms with Crippen molar-refractivity contribution in [2.75, 3.05) is 0 Å². The van der Waals surface area contributed by atoms with Gasteiger partial charge in [-0.3, -0.25) is 0 Å². The van der Waals surface area contributed by atoms with Gasteiger partial charge in [-0.25, -0.2) is 0 Å². The Morgan fingerprint density at radius 2 is 0.857 bits per heavy atom. The molecular formula is C38H41NiO2P. The standard InChI is InChI=1S/C18H15P.C15H13.C5H12O2.Ni/c1-4-10-16(11-5-1)19(17-12-6-2-7-13-17)18-14-8-3-9-15-18;1-13(15-10-6-3-7-11-15)12-14-8-4-2-5-9-14;1-4(6)3-5(2)7;/h1-15H;2-11H,1H3;4-7H,3H2,1-2H3;/q;-1;;/p+1. The summed E-state index contributed by atoms with van der Waals surface area (Å²) in [5.74, 6) is 0. The van der Waals surface area contributed by atoms with Crippen molar-refractivity contribution in [1.29, 1.82) is 0 Å². The predicted molar refractivity (Wildman–Crippen MR) is 179 cm³/mol. The van der Waals surface area contributed by atoms with Gasteiger partial charge in [-0.2, -0.15) is 0 Å². The zero-order chi connectivity index (χ0) is 29.3. The second-order valence-electron chi connectivity index (χ2n) is 9.89. The molecule has 2 unspecified atom stereocenters. The third kappa shape index (κ3) is 12.7. The van der Waals surface area contributed by atoms with Crippen LogP contribution >= 0.6 is 7.92 Å². The molecule has 5 aromatic carbocycles. The zero-order valence-electron chi connectivity index (χ0n) is 24.5. The molecule has 0 aliphatic rings. The van der Waals surface area contributed by atoms with Gasteiger partial charge in [0.05, 0.1) is 20.1 Å². The first kappa shape index (κ1) is 34.9. The fourth-order valence-corrected chi connectivity index (χ4v) is 6.88. The molecule has 2 N–H and O–H groups in total. The van der Waals surface area contributed by atoms with Crippen molar-refractivity contribution in [2.45, 2.75) is 39.4 Å². The Hall–Kier alpha value is -3.32. The summed E-state index contributed by atoms with van der Waals surface area (Å²) in [6, 6.07) is 53.0. The van der Waals surface area contributed by atoms with Crippen LogP contribution in [0.25, 0.3) is 5.57 Å². The Bertz CT molecular complexity index is 1290. The summed E-state index contributed by atoms with van der Waals surface area (Å²) < 4.78 is 0. The van der Waals surface area contributed by atoms with E-state index in [0.717, 1.165) is 5.56 Å². The van der Waals surface area contributed by atoms with Crippen LogP contribution in [0.15, 0.2) is 152 Å². The van der Waals surface area contributed by atoms with E-state index in [1.807, 2.05) is 36.4 Å². The number of benzene rings is 5. The van der Waals surface area contributed by atoms with Crippen molar-refractivity contribution in [3.05, 3.63) is 169 Å². The Morgan fingerprint density at radius 1 is 0.548 bits per heavy atom. The van der Waals surface area contributed by atoms with Crippen molar-refractivity contribution in [3.63, 3.8) is 0 Å². The topological polar surface area (TPSA) is 40.5 Å². The number of aliphatic hydroxyl groups excluding tert-OH is 2. The van der Waals surface area contributed by atoms with Crippen LogP contribution in [0.4, 0.5) is 0 Å². The molecule has 0 bridgehead atoms. The molecule has 0 spiro atoms. The molecule has 4 heteroatoms. The molecule has 5 rings (SSSR count). The maximum Gasteiger partial charge on any atom is 0.102 e. The van der Waals surface area contributed by atoms with Gasteiger partial charge >= 0.3 is 0 Å². The van der Waals surface area contributed by atoms with Crippen molar-refractivity contribution >= 4 is 29.4 Å². The molecule has 2 atom stereocenters. The van der Waals surface area contributed by atoms with Crippen LogP contribution in [0.2, 0.25) is 0 Å². The molecule has 0 saturated carbocycles. The van der Waals surface area contributed by atoms with E-state index in [2.05, 4.69) is 128 Å². The summed E-state index contributed by atoms with van der Waals surface area (Å²) in [5.41, 5.74) is 3.52. The van der Waals surface area contributed by atoms with Crippen molar-refractivity contribution in [3.8, 4) is 0 Å². The number of rotatable bonds is 7. The second-order valence-corrected chi connectivity index (χ2v) is 12.4. The van der Waals surface area contributed by atoms with Gasteiger partial charge < -0.3 is 10.2 Å². The summed E-state index contributed by atoms with van der Waals surface area (Å²) >= 11 is 0. The smallest absolute Gasteiger partial charge is 0.102 e. The largest absolute Gasteiger partial charge is 0.393 e. The normalized spacial score (nSPS) is 12.0. The minimum atomic E-state index is -0.877. The van der Waals surface area contributed by atoms with E-state index in [9.17, 15) is 0 Å². The number of hydrogen-bond acceptors (Lipinski definition) is 2. The van der Waals surface area contributed by atoms with E-state index in [4.69, 9.17) is 10.2 Å². The van der Waals surface area contributed by atoms with Crippen LogP contribution in [0, 0.1) is 6.08 Å². The van der Waals surface area contributed by atoms with Crippen molar-refractivity contribution < 1.29 is 26.7 Å². The van der Waals surface area contributed by atoms with E-state index >= 15 is 0 Å². The van der Waals surface area contributed by atoms with Gasteiger partial charge in [-0.05, 0) is 56.7 Å². The first-order valence-electron chi connectivity index (χ1n) is 14.0. The Kier molecular flexibility index (Phi) is 16.4. The predicted octanol–water partition coefficient (Wildman–Crippen LogP) is 7.25. The maximum absolute atomic E-state index is 8.56. The van der Waals surface area contributed by atoms with Crippen LogP contribution in [0.3, 0.4) is 0 Å². The minimum Gasteiger partial charge on any atom is -0.393 e. The Labute approximate surface area is 263 Å². The van der Waals surface area contributed by atoms with Crippen LogP contribution in [0.5, 0.6) is 0 Å².